The number of aromatic nitrogens is 2. The van der Waals surface area contributed by atoms with E-state index >= 15 is 0 Å². The minimum Gasteiger partial charge on any atom is -0.462 e. The molecule has 0 unspecified atom stereocenters. The van der Waals surface area contributed by atoms with Gasteiger partial charge in [0.1, 0.15) is 5.56 Å². The van der Waals surface area contributed by atoms with Gasteiger partial charge in [0.15, 0.2) is 5.84 Å². The smallest absolute Gasteiger partial charge is 0.416 e. The molecule has 3 N–H and O–H groups in total. The summed E-state index contributed by atoms with van der Waals surface area (Å²) in [7, 11) is 0. The number of carbonyl (C=O) groups is 1. The Balaban J connectivity index is 2.22. The first-order chi connectivity index (χ1) is 16.5. The van der Waals surface area contributed by atoms with Gasteiger partial charge in [0.2, 0.25) is 0 Å². The lowest BCUT2D eigenvalue weighted by atomic mass is 10.0. The molecule has 9 nitrogen and oxygen atoms in total. The number of rotatable bonds is 6. The lowest BCUT2D eigenvalue weighted by molar-refractivity contribution is -0.138. The Morgan fingerprint density at radius 2 is 1.80 bits per heavy atom. The van der Waals surface area contributed by atoms with Crippen LogP contribution in [0.5, 0.6) is 0 Å². The Morgan fingerprint density at radius 3 is 2.37 bits per heavy atom. The van der Waals surface area contributed by atoms with E-state index in [0.29, 0.717) is 10.1 Å². The molecule has 0 fully saturated rings. The fraction of sp³-hybridized carbons (Fsp3) is 0.217. The van der Waals surface area contributed by atoms with Crippen LogP contribution in [-0.2, 0) is 17.5 Å². The molecular weight excluding hydrogens is 469 g/mol. The molecule has 0 atom stereocenters. The predicted molar refractivity (Wildman–Crippen MR) is 120 cm³/mol. The number of alkyl halides is 3. The van der Waals surface area contributed by atoms with Gasteiger partial charge in [-0.05, 0) is 55.3 Å². The van der Waals surface area contributed by atoms with Gasteiger partial charge < -0.3 is 15.7 Å². The van der Waals surface area contributed by atoms with Crippen molar-refractivity contribution in [3.05, 3.63) is 97.3 Å². The molecule has 0 aliphatic rings. The van der Waals surface area contributed by atoms with Gasteiger partial charge in [0.05, 0.1) is 24.4 Å². The van der Waals surface area contributed by atoms with Crippen molar-refractivity contribution in [1.29, 1.82) is 0 Å². The molecule has 0 radical (unpaired) electrons. The number of nitrogens with two attached hydrogens (primary N) is 1. The number of amidine groups is 1. The number of halogens is 3. The minimum absolute atomic E-state index is 0.0431. The van der Waals surface area contributed by atoms with Crippen molar-refractivity contribution in [3.63, 3.8) is 0 Å². The van der Waals surface area contributed by atoms with Crippen molar-refractivity contribution in [3.8, 4) is 5.69 Å². The van der Waals surface area contributed by atoms with Gasteiger partial charge in [-0.3, -0.25) is 13.9 Å². The third-order valence-corrected chi connectivity index (χ3v) is 5.29. The number of nitrogens with zero attached hydrogens (tertiary/aromatic N) is 3. The molecular formula is C23H21F3N4O5. The monoisotopic (exact) mass is 490 g/mol. The molecule has 0 aliphatic carbocycles. The molecule has 0 amide bonds. The van der Waals surface area contributed by atoms with Gasteiger partial charge in [-0.2, -0.15) is 13.2 Å². The molecule has 12 heteroatoms. The van der Waals surface area contributed by atoms with E-state index in [1.807, 2.05) is 0 Å². The maximum absolute atomic E-state index is 13.4. The van der Waals surface area contributed by atoms with Crippen LogP contribution in [0.15, 0.2) is 63.4 Å². The average Bonchev–Trinajstić information content (AvgIpc) is 2.82. The maximum atomic E-state index is 13.4. The highest BCUT2D eigenvalue weighted by molar-refractivity contribution is 5.97. The molecule has 3 aromatic rings. The molecule has 1 aromatic heterocycles. The average molecular weight is 490 g/mol. The third-order valence-electron chi connectivity index (χ3n) is 5.29. The van der Waals surface area contributed by atoms with E-state index in [-0.39, 0.29) is 29.3 Å². The molecule has 0 saturated carbocycles. The van der Waals surface area contributed by atoms with Crippen molar-refractivity contribution in [2.24, 2.45) is 10.9 Å². The normalized spacial score (nSPS) is 12.0. The van der Waals surface area contributed by atoms with Crippen molar-refractivity contribution >= 4 is 11.8 Å². The number of ether oxygens (including phenoxy) is 1. The number of esters is 1. The maximum Gasteiger partial charge on any atom is 0.416 e. The van der Waals surface area contributed by atoms with E-state index in [2.05, 4.69) is 5.16 Å². The third kappa shape index (κ3) is 5.10. The molecule has 0 bridgehead atoms. The van der Waals surface area contributed by atoms with Crippen LogP contribution in [0, 0.1) is 6.92 Å². The number of benzene rings is 2. The number of hydrogen-bond acceptors (Lipinski definition) is 6. The standard InChI is InChI=1S/C23H21F3N4O5/c1-3-35-21(32)17-12-29(16-9-7-14(8-10-16)19(27)28-34)22(33)30(20(17)31)11-15-5-4-6-18(13(15)2)23(24,25)26/h4-10,12,34H,3,11H2,1-2H3,(H2,27,28). The van der Waals surface area contributed by atoms with E-state index in [4.69, 9.17) is 15.7 Å². The van der Waals surface area contributed by atoms with Crippen LogP contribution in [0.2, 0.25) is 0 Å². The van der Waals surface area contributed by atoms with Crippen molar-refractivity contribution < 1.29 is 27.9 Å². The molecule has 3 rings (SSSR count). The van der Waals surface area contributed by atoms with Gasteiger partial charge in [-0.1, -0.05) is 17.3 Å². The largest absolute Gasteiger partial charge is 0.462 e. The summed E-state index contributed by atoms with van der Waals surface area (Å²) in [6, 6.07) is 9.17. The lowest BCUT2D eigenvalue weighted by Crippen LogP contribution is -2.42. The molecule has 0 saturated heterocycles. The van der Waals surface area contributed by atoms with E-state index < -0.39 is 41.1 Å². The second-order valence-electron chi connectivity index (χ2n) is 7.43. The first-order valence-corrected chi connectivity index (χ1v) is 10.3. The predicted octanol–water partition coefficient (Wildman–Crippen LogP) is 2.65. The number of hydrogen-bond donors (Lipinski definition) is 2. The summed E-state index contributed by atoms with van der Waals surface area (Å²) in [6.07, 6.45) is -3.61. The Morgan fingerprint density at radius 1 is 1.14 bits per heavy atom. The zero-order valence-corrected chi connectivity index (χ0v) is 18.7. The van der Waals surface area contributed by atoms with Gasteiger partial charge >= 0.3 is 17.8 Å². The molecule has 1 heterocycles. The minimum atomic E-state index is -4.63. The Kier molecular flexibility index (Phi) is 7.13. The van der Waals surface area contributed by atoms with Crippen LogP contribution < -0.4 is 17.0 Å². The topological polar surface area (TPSA) is 129 Å². The highest BCUT2D eigenvalue weighted by Gasteiger charge is 2.33. The second-order valence-corrected chi connectivity index (χ2v) is 7.43. The Bertz CT molecular complexity index is 1410. The zero-order valence-electron chi connectivity index (χ0n) is 18.7. The van der Waals surface area contributed by atoms with Crippen LogP contribution in [0.1, 0.15) is 39.5 Å². The molecule has 2 aromatic carbocycles. The van der Waals surface area contributed by atoms with Crippen LogP contribution in [-0.4, -0.2) is 32.8 Å². The van der Waals surface area contributed by atoms with Crippen molar-refractivity contribution in [2.45, 2.75) is 26.6 Å². The van der Waals surface area contributed by atoms with E-state index in [9.17, 15) is 27.6 Å². The van der Waals surface area contributed by atoms with E-state index in [1.54, 1.807) is 0 Å². The summed E-state index contributed by atoms with van der Waals surface area (Å²) >= 11 is 0. The second kappa shape index (κ2) is 9.87. The first kappa shape index (κ1) is 25.3. The lowest BCUT2D eigenvalue weighted by Gasteiger charge is -2.16. The van der Waals surface area contributed by atoms with Crippen LogP contribution >= 0.6 is 0 Å². The fourth-order valence-electron chi connectivity index (χ4n) is 3.46. The summed E-state index contributed by atoms with van der Waals surface area (Å²) < 4.78 is 46.6. The zero-order chi connectivity index (χ0) is 25.9. The van der Waals surface area contributed by atoms with Gasteiger partial charge in [-0.15, -0.1) is 0 Å². The van der Waals surface area contributed by atoms with Crippen molar-refractivity contribution in [2.75, 3.05) is 6.61 Å². The van der Waals surface area contributed by atoms with E-state index in [0.717, 1.165) is 16.8 Å². The highest BCUT2D eigenvalue weighted by Crippen LogP contribution is 2.33. The summed E-state index contributed by atoms with van der Waals surface area (Å²) in [5.74, 6) is -1.17. The Hall–Kier alpha value is -4.35. The molecule has 184 valence electrons. The van der Waals surface area contributed by atoms with E-state index in [1.165, 1.54) is 50.2 Å². The summed E-state index contributed by atoms with van der Waals surface area (Å²) in [4.78, 5) is 38.7. The van der Waals surface area contributed by atoms with Crippen LogP contribution in [0.25, 0.3) is 5.69 Å². The SMILES string of the molecule is CCOC(=O)c1cn(-c2ccc(C(N)=NO)cc2)c(=O)n(Cc2cccc(C(F)(F)F)c2C)c1=O. The van der Waals surface area contributed by atoms with Crippen molar-refractivity contribution in [1.82, 2.24) is 9.13 Å². The summed E-state index contributed by atoms with van der Waals surface area (Å²) in [5, 5.41) is 11.7. The van der Waals surface area contributed by atoms with Gasteiger partial charge in [0, 0.05) is 11.8 Å². The number of carbonyl (C=O) groups excluding carboxylic acids is 1. The quantitative estimate of drug-likeness (QED) is 0.180. The fourth-order valence-corrected chi connectivity index (χ4v) is 3.46. The van der Waals surface area contributed by atoms with Crippen LogP contribution in [0.4, 0.5) is 13.2 Å². The summed E-state index contributed by atoms with van der Waals surface area (Å²) in [5.41, 5.74) is 2.75. The molecule has 0 spiro atoms. The summed E-state index contributed by atoms with van der Waals surface area (Å²) in [6.45, 7) is 2.22. The molecule has 35 heavy (non-hydrogen) atoms. The van der Waals surface area contributed by atoms with Crippen LogP contribution in [0.3, 0.4) is 0 Å². The first-order valence-electron chi connectivity index (χ1n) is 10.3. The Labute approximate surface area is 196 Å². The molecule has 0 aliphatic heterocycles. The van der Waals surface area contributed by atoms with Gasteiger partial charge in [-0.25, -0.2) is 9.59 Å². The van der Waals surface area contributed by atoms with Gasteiger partial charge in [0.25, 0.3) is 5.56 Å². The number of oxime groups is 1. The highest BCUT2D eigenvalue weighted by atomic mass is 19.4.